The lowest BCUT2D eigenvalue weighted by Crippen LogP contribution is -2.46. The molecule has 0 spiro atoms. The maximum atomic E-state index is 12.6. The molecule has 1 aromatic carbocycles. The van der Waals surface area contributed by atoms with Crippen molar-refractivity contribution < 1.29 is 19.4 Å². The van der Waals surface area contributed by atoms with Gasteiger partial charge >= 0.3 is 5.97 Å². The molecule has 2 aliphatic rings. The van der Waals surface area contributed by atoms with Crippen LogP contribution in [0.1, 0.15) is 38.2 Å². The number of hydrogen-bond acceptors (Lipinski definition) is 3. The van der Waals surface area contributed by atoms with E-state index in [9.17, 15) is 14.7 Å². The first-order chi connectivity index (χ1) is 10.9. The molecule has 2 N–H and O–H groups in total. The van der Waals surface area contributed by atoms with Gasteiger partial charge in [0.2, 0.25) is 5.91 Å². The number of ether oxygens (including phenoxy) is 1. The molecular weight excluding hydrogens is 294 g/mol. The molecule has 2 aliphatic carbocycles. The molecule has 0 heterocycles. The fraction of sp³-hybridized carbons (Fsp3) is 0.556. The van der Waals surface area contributed by atoms with Gasteiger partial charge in [-0.15, -0.1) is 0 Å². The van der Waals surface area contributed by atoms with Crippen molar-refractivity contribution in [3.05, 3.63) is 29.8 Å². The Morgan fingerprint density at radius 3 is 2.65 bits per heavy atom. The van der Waals surface area contributed by atoms with Gasteiger partial charge in [0.05, 0.1) is 19.1 Å². The van der Waals surface area contributed by atoms with Gasteiger partial charge in [-0.05, 0) is 49.3 Å². The Hall–Kier alpha value is -2.04. The van der Waals surface area contributed by atoms with Gasteiger partial charge in [-0.3, -0.25) is 9.59 Å². The van der Waals surface area contributed by atoms with E-state index < -0.39 is 11.5 Å². The second-order valence-electron chi connectivity index (χ2n) is 6.91. The quantitative estimate of drug-likeness (QED) is 0.845. The molecule has 124 valence electrons. The van der Waals surface area contributed by atoms with Crippen molar-refractivity contribution >= 4 is 11.9 Å². The summed E-state index contributed by atoms with van der Waals surface area (Å²) < 4.78 is 5.22. The second-order valence-corrected chi connectivity index (χ2v) is 6.91. The van der Waals surface area contributed by atoms with Gasteiger partial charge in [0.25, 0.3) is 0 Å². The van der Waals surface area contributed by atoms with Crippen molar-refractivity contribution in [1.82, 2.24) is 5.32 Å². The number of carbonyl (C=O) groups excluding carboxylic acids is 1. The predicted octanol–water partition coefficient (Wildman–Crippen LogP) is 2.55. The lowest BCUT2D eigenvalue weighted by molar-refractivity contribution is -0.139. The third-order valence-electron chi connectivity index (χ3n) is 5.32. The van der Waals surface area contributed by atoms with E-state index in [2.05, 4.69) is 5.32 Å². The van der Waals surface area contributed by atoms with Crippen LogP contribution in [0.15, 0.2) is 24.3 Å². The Morgan fingerprint density at radius 2 is 2.04 bits per heavy atom. The zero-order valence-corrected chi connectivity index (χ0v) is 13.5. The lowest BCUT2D eigenvalue weighted by atomic mass is 9.88. The highest BCUT2D eigenvalue weighted by Gasteiger charge is 2.57. The number of nitrogens with one attached hydrogen (secondary N) is 1. The van der Waals surface area contributed by atoms with Gasteiger partial charge in [0.1, 0.15) is 5.75 Å². The third kappa shape index (κ3) is 3.05. The minimum Gasteiger partial charge on any atom is -0.497 e. The van der Waals surface area contributed by atoms with Crippen LogP contribution in [0.2, 0.25) is 0 Å². The molecule has 1 aromatic rings. The molecule has 0 bridgehead atoms. The van der Waals surface area contributed by atoms with Crippen LogP contribution in [-0.2, 0) is 15.1 Å². The second kappa shape index (κ2) is 5.87. The molecule has 0 aliphatic heterocycles. The van der Waals surface area contributed by atoms with Crippen LogP contribution in [-0.4, -0.2) is 24.1 Å². The molecule has 5 nitrogen and oxygen atoms in total. The van der Waals surface area contributed by atoms with Gasteiger partial charge in [0, 0.05) is 5.92 Å². The normalized spacial score (nSPS) is 27.7. The van der Waals surface area contributed by atoms with Crippen LogP contribution in [0, 0.1) is 17.8 Å². The number of hydrogen-bond donors (Lipinski definition) is 2. The summed E-state index contributed by atoms with van der Waals surface area (Å²) in [4.78, 5) is 23.9. The monoisotopic (exact) mass is 317 g/mol. The molecule has 3 rings (SSSR count). The molecule has 23 heavy (non-hydrogen) atoms. The Labute approximate surface area is 136 Å². The van der Waals surface area contributed by atoms with Crippen LogP contribution in [0.5, 0.6) is 5.75 Å². The molecule has 0 aromatic heterocycles. The maximum Gasteiger partial charge on any atom is 0.306 e. The average Bonchev–Trinajstić information content (AvgIpc) is 3.00. The predicted molar refractivity (Wildman–Crippen MR) is 85.1 cm³/mol. The average molecular weight is 317 g/mol. The van der Waals surface area contributed by atoms with Gasteiger partial charge in [-0.2, -0.15) is 0 Å². The molecule has 0 saturated heterocycles. The van der Waals surface area contributed by atoms with E-state index >= 15 is 0 Å². The van der Waals surface area contributed by atoms with Crippen LogP contribution in [0.3, 0.4) is 0 Å². The van der Waals surface area contributed by atoms with Crippen LogP contribution in [0.4, 0.5) is 0 Å². The van der Waals surface area contributed by atoms with E-state index in [0.717, 1.165) is 18.4 Å². The molecule has 5 heteroatoms. The Balaban J connectivity index is 1.81. The van der Waals surface area contributed by atoms with Gasteiger partial charge in [-0.1, -0.05) is 18.6 Å². The molecule has 1 amide bonds. The van der Waals surface area contributed by atoms with E-state index in [4.69, 9.17) is 4.74 Å². The summed E-state index contributed by atoms with van der Waals surface area (Å²) in [6.07, 6.45) is 3.30. The Morgan fingerprint density at radius 1 is 1.35 bits per heavy atom. The Bertz CT molecular complexity index is 619. The van der Waals surface area contributed by atoms with E-state index in [1.807, 2.05) is 12.1 Å². The summed E-state index contributed by atoms with van der Waals surface area (Å²) in [7, 11) is 1.57. The minimum atomic E-state index is -0.938. The summed E-state index contributed by atoms with van der Waals surface area (Å²) in [6, 6.07) is 7.24. The summed E-state index contributed by atoms with van der Waals surface area (Å²) in [5.74, 6) is 0.792. The largest absolute Gasteiger partial charge is 0.497 e. The highest BCUT2D eigenvalue weighted by Crippen LogP contribution is 2.57. The number of carbonyl (C=O) groups is 2. The van der Waals surface area contributed by atoms with Gasteiger partial charge < -0.3 is 15.2 Å². The number of aliphatic carboxylic acids is 1. The van der Waals surface area contributed by atoms with Gasteiger partial charge in [-0.25, -0.2) is 0 Å². The molecule has 2 saturated carbocycles. The smallest absolute Gasteiger partial charge is 0.306 e. The van der Waals surface area contributed by atoms with E-state index in [0.29, 0.717) is 17.6 Å². The first-order valence-corrected chi connectivity index (χ1v) is 8.13. The number of benzene rings is 1. The van der Waals surface area contributed by atoms with Crippen molar-refractivity contribution in [1.29, 1.82) is 0 Å². The van der Waals surface area contributed by atoms with E-state index in [1.54, 1.807) is 26.2 Å². The van der Waals surface area contributed by atoms with E-state index in [-0.39, 0.29) is 18.2 Å². The highest BCUT2D eigenvalue weighted by molar-refractivity contribution is 5.84. The fourth-order valence-electron chi connectivity index (χ4n) is 4.05. The van der Waals surface area contributed by atoms with E-state index in [1.165, 1.54) is 6.42 Å². The number of methoxy groups -OCH3 is 1. The molecule has 3 atom stereocenters. The van der Waals surface area contributed by atoms with Crippen LogP contribution >= 0.6 is 0 Å². The third-order valence-corrected chi connectivity index (χ3v) is 5.32. The highest BCUT2D eigenvalue weighted by atomic mass is 16.5. The zero-order valence-electron chi connectivity index (χ0n) is 13.5. The van der Waals surface area contributed by atoms with Crippen molar-refractivity contribution in [2.45, 2.75) is 38.1 Å². The lowest BCUT2D eigenvalue weighted by Gasteiger charge is -2.30. The summed E-state index contributed by atoms with van der Waals surface area (Å²) >= 11 is 0. The standard InChI is InChI=1S/C18H23NO4/c1-18(10-15(20)21,11-5-3-6-12(9-11)23-2)19-17(22)16-13-7-4-8-14(13)16/h3,5-6,9,13-14,16H,4,7-8,10H2,1-2H3,(H,19,22)(H,20,21). The molecule has 0 radical (unpaired) electrons. The summed E-state index contributed by atoms with van der Waals surface area (Å²) in [6.45, 7) is 1.77. The number of carboxylic acids is 1. The molecular formula is C18H23NO4. The molecule has 2 fully saturated rings. The van der Waals surface area contributed by atoms with Crippen molar-refractivity contribution in [3.63, 3.8) is 0 Å². The van der Waals surface area contributed by atoms with Crippen LogP contribution < -0.4 is 10.1 Å². The van der Waals surface area contributed by atoms with Crippen LogP contribution in [0.25, 0.3) is 0 Å². The number of rotatable bonds is 6. The minimum absolute atomic E-state index is 0.00808. The SMILES string of the molecule is COc1cccc(C(C)(CC(=O)O)NC(=O)C2C3CCCC32)c1. The summed E-state index contributed by atoms with van der Waals surface area (Å²) in [5.41, 5.74) is -0.188. The molecule has 3 unspecified atom stereocenters. The van der Waals surface area contributed by atoms with Gasteiger partial charge in [0.15, 0.2) is 0 Å². The topological polar surface area (TPSA) is 75.6 Å². The van der Waals surface area contributed by atoms with Crippen molar-refractivity contribution in [2.24, 2.45) is 17.8 Å². The number of fused-ring (bicyclic) bond motifs is 1. The number of carboxylic acid groups (broad SMARTS) is 1. The maximum absolute atomic E-state index is 12.6. The summed E-state index contributed by atoms with van der Waals surface area (Å²) in [5, 5.41) is 12.3. The number of amides is 1. The van der Waals surface area contributed by atoms with Crippen molar-refractivity contribution in [2.75, 3.05) is 7.11 Å². The zero-order chi connectivity index (χ0) is 16.6. The fourth-order valence-corrected chi connectivity index (χ4v) is 4.05. The van der Waals surface area contributed by atoms with Crippen molar-refractivity contribution in [3.8, 4) is 5.75 Å². The first-order valence-electron chi connectivity index (χ1n) is 8.13. The first kappa shape index (κ1) is 15.8. The Kier molecular flexibility index (Phi) is 4.04.